The Hall–Kier alpha value is -0.800. The van der Waals surface area contributed by atoms with Crippen LogP contribution in [0, 0.1) is 0 Å². The Balaban J connectivity index is 1.96. The third-order valence-corrected chi connectivity index (χ3v) is 5.28. The molecule has 1 aromatic rings. The van der Waals surface area contributed by atoms with Gasteiger partial charge in [-0.15, -0.1) is 11.8 Å². The highest BCUT2D eigenvalue weighted by Gasteiger charge is 2.46. The van der Waals surface area contributed by atoms with Gasteiger partial charge in [0.2, 0.25) is 0 Å². The monoisotopic (exact) mass is 233 g/mol. The summed E-state index contributed by atoms with van der Waals surface area (Å²) in [5, 5.41) is 0.464. The first kappa shape index (κ1) is 10.4. The molecule has 3 atom stereocenters. The second-order valence-corrected chi connectivity index (χ2v) is 5.84. The molecule has 2 nitrogen and oxygen atoms in total. The van der Waals surface area contributed by atoms with Gasteiger partial charge in [-0.25, -0.2) is 0 Å². The highest BCUT2D eigenvalue weighted by molar-refractivity contribution is 8.00. The van der Waals surface area contributed by atoms with E-state index in [1.165, 1.54) is 10.5 Å². The maximum absolute atomic E-state index is 11.5. The summed E-state index contributed by atoms with van der Waals surface area (Å²) in [7, 11) is 2.08. The van der Waals surface area contributed by atoms with E-state index < -0.39 is 0 Å². The molecular formula is C13H15NOS. The van der Waals surface area contributed by atoms with Crippen molar-refractivity contribution >= 4 is 17.5 Å². The van der Waals surface area contributed by atoms with Gasteiger partial charge in [-0.2, -0.15) is 0 Å². The lowest BCUT2D eigenvalue weighted by Crippen LogP contribution is -2.34. The summed E-state index contributed by atoms with van der Waals surface area (Å²) in [4.78, 5) is 15.2. The van der Waals surface area contributed by atoms with Crippen LogP contribution >= 0.6 is 11.8 Å². The van der Waals surface area contributed by atoms with Crippen LogP contribution in [0.1, 0.15) is 24.8 Å². The van der Waals surface area contributed by atoms with Gasteiger partial charge in [0.25, 0.3) is 0 Å². The molecule has 0 bridgehead atoms. The van der Waals surface area contributed by atoms with E-state index >= 15 is 0 Å². The van der Waals surface area contributed by atoms with Crippen LogP contribution in [0.25, 0.3) is 0 Å². The third kappa shape index (κ3) is 1.35. The fraction of sp³-hybridized carbons (Fsp3) is 0.462. The number of nitrogens with zero attached hydrogens (tertiary/aromatic N) is 1. The molecule has 0 spiro atoms. The molecule has 84 valence electrons. The summed E-state index contributed by atoms with van der Waals surface area (Å²) in [6, 6.07) is 8.71. The standard InChI is InChI=1S/C13H15NOS/c1-8(15)11-7-10-9-5-3-4-6-12(9)16-13(10)14(11)2/h3-6,10-11,13H,7H2,1-2H3. The lowest BCUT2D eigenvalue weighted by molar-refractivity contribution is -0.120. The van der Waals surface area contributed by atoms with E-state index in [0.717, 1.165) is 6.42 Å². The lowest BCUT2D eigenvalue weighted by atomic mass is 9.95. The molecule has 0 amide bonds. The summed E-state index contributed by atoms with van der Waals surface area (Å²) < 4.78 is 0. The van der Waals surface area contributed by atoms with Crippen molar-refractivity contribution in [3.05, 3.63) is 29.8 Å². The second kappa shape index (κ2) is 3.60. The molecule has 3 rings (SSSR count). The van der Waals surface area contributed by atoms with E-state index in [1.54, 1.807) is 6.92 Å². The Morgan fingerprint density at radius 2 is 2.19 bits per heavy atom. The van der Waals surface area contributed by atoms with Gasteiger partial charge >= 0.3 is 0 Å². The minimum atomic E-state index is 0.121. The molecule has 1 saturated heterocycles. The Labute approximate surface area is 100 Å². The van der Waals surface area contributed by atoms with Crippen molar-refractivity contribution in [1.82, 2.24) is 4.90 Å². The van der Waals surface area contributed by atoms with E-state index in [9.17, 15) is 4.79 Å². The fourth-order valence-corrected chi connectivity index (χ4v) is 4.42. The number of rotatable bonds is 1. The van der Waals surface area contributed by atoms with Crippen molar-refractivity contribution in [2.45, 2.75) is 35.6 Å². The molecule has 1 fully saturated rings. The van der Waals surface area contributed by atoms with Gasteiger partial charge in [-0.1, -0.05) is 18.2 Å². The zero-order chi connectivity index (χ0) is 11.3. The smallest absolute Gasteiger partial charge is 0.146 e. The van der Waals surface area contributed by atoms with Crippen molar-refractivity contribution < 1.29 is 4.79 Å². The minimum Gasteiger partial charge on any atom is -0.298 e. The second-order valence-electron chi connectivity index (χ2n) is 4.68. The molecule has 2 heterocycles. The predicted molar refractivity (Wildman–Crippen MR) is 65.7 cm³/mol. The summed E-state index contributed by atoms with van der Waals surface area (Å²) in [6.45, 7) is 1.71. The van der Waals surface area contributed by atoms with Gasteiger partial charge in [-0.3, -0.25) is 9.69 Å². The summed E-state index contributed by atoms with van der Waals surface area (Å²) >= 11 is 1.91. The van der Waals surface area contributed by atoms with Gasteiger partial charge < -0.3 is 0 Å². The molecule has 0 aliphatic carbocycles. The first-order valence-corrected chi connectivity index (χ1v) is 6.54. The van der Waals surface area contributed by atoms with Crippen LogP contribution in [0.2, 0.25) is 0 Å². The van der Waals surface area contributed by atoms with Gasteiger partial charge in [0.15, 0.2) is 0 Å². The molecular weight excluding hydrogens is 218 g/mol. The van der Waals surface area contributed by atoms with Gasteiger partial charge in [-0.05, 0) is 32.0 Å². The van der Waals surface area contributed by atoms with Crippen LogP contribution in [-0.4, -0.2) is 29.1 Å². The number of likely N-dealkylation sites (tertiary alicyclic amines) is 1. The number of Topliss-reactive ketones (excluding diaryl/α,β-unsaturated/α-hetero) is 1. The number of benzene rings is 1. The zero-order valence-electron chi connectivity index (χ0n) is 9.51. The summed E-state index contributed by atoms with van der Waals surface area (Å²) in [5.41, 5.74) is 1.44. The third-order valence-electron chi connectivity index (χ3n) is 3.75. The first-order valence-electron chi connectivity index (χ1n) is 5.66. The Morgan fingerprint density at radius 3 is 2.94 bits per heavy atom. The molecule has 3 unspecified atom stereocenters. The van der Waals surface area contributed by atoms with Crippen LogP contribution in [0.4, 0.5) is 0 Å². The molecule has 0 saturated carbocycles. The SMILES string of the molecule is CC(=O)C1CC2c3ccccc3SC2N1C. The number of hydrogen-bond donors (Lipinski definition) is 0. The van der Waals surface area contributed by atoms with Crippen molar-refractivity contribution in [2.75, 3.05) is 7.05 Å². The van der Waals surface area contributed by atoms with E-state index in [4.69, 9.17) is 0 Å². The topological polar surface area (TPSA) is 20.3 Å². The van der Waals surface area contributed by atoms with Crippen molar-refractivity contribution in [2.24, 2.45) is 0 Å². The van der Waals surface area contributed by atoms with E-state index in [2.05, 4.69) is 36.2 Å². The number of thioether (sulfide) groups is 1. The number of ketones is 1. The number of likely N-dealkylation sites (N-methyl/N-ethyl adjacent to an activating group) is 1. The predicted octanol–water partition coefficient (Wildman–Crippen LogP) is 2.50. The lowest BCUT2D eigenvalue weighted by Gasteiger charge is -2.22. The average Bonchev–Trinajstić information content (AvgIpc) is 2.76. The molecule has 2 aliphatic rings. The zero-order valence-corrected chi connectivity index (χ0v) is 10.3. The normalized spacial score (nSPS) is 32.5. The Morgan fingerprint density at radius 1 is 1.44 bits per heavy atom. The van der Waals surface area contributed by atoms with Crippen LogP contribution in [0.15, 0.2) is 29.2 Å². The van der Waals surface area contributed by atoms with Gasteiger partial charge in [0.1, 0.15) is 5.78 Å². The van der Waals surface area contributed by atoms with Crippen LogP contribution in [-0.2, 0) is 4.79 Å². The number of fused-ring (bicyclic) bond motifs is 3. The van der Waals surface area contributed by atoms with E-state index in [-0.39, 0.29) is 6.04 Å². The first-order chi connectivity index (χ1) is 7.68. The molecule has 0 radical (unpaired) electrons. The van der Waals surface area contributed by atoms with Crippen molar-refractivity contribution in [1.29, 1.82) is 0 Å². The van der Waals surface area contributed by atoms with Crippen LogP contribution in [0.3, 0.4) is 0 Å². The van der Waals surface area contributed by atoms with Crippen LogP contribution < -0.4 is 0 Å². The highest BCUT2D eigenvalue weighted by Crippen LogP contribution is 2.52. The van der Waals surface area contributed by atoms with Crippen LogP contribution in [0.5, 0.6) is 0 Å². The molecule has 0 N–H and O–H groups in total. The van der Waals surface area contributed by atoms with E-state index in [0.29, 0.717) is 17.1 Å². The summed E-state index contributed by atoms with van der Waals surface area (Å²) in [6.07, 6.45) is 0.987. The fourth-order valence-electron chi connectivity index (χ4n) is 2.91. The number of hydrogen-bond acceptors (Lipinski definition) is 3. The minimum absolute atomic E-state index is 0.121. The highest BCUT2D eigenvalue weighted by atomic mass is 32.2. The van der Waals surface area contributed by atoms with Gasteiger partial charge in [0, 0.05) is 10.8 Å². The largest absolute Gasteiger partial charge is 0.298 e. The van der Waals surface area contributed by atoms with Gasteiger partial charge in [0.05, 0.1) is 11.4 Å². The molecule has 3 heteroatoms. The quantitative estimate of drug-likeness (QED) is 0.743. The number of carbonyl (C=O) groups excluding carboxylic acids is 1. The number of carbonyl (C=O) groups is 1. The maximum atomic E-state index is 11.5. The Bertz CT molecular complexity index is 445. The molecule has 1 aromatic carbocycles. The van der Waals surface area contributed by atoms with Crippen molar-refractivity contribution in [3.63, 3.8) is 0 Å². The van der Waals surface area contributed by atoms with Crippen molar-refractivity contribution in [3.8, 4) is 0 Å². The summed E-state index contributed by atoms with van der Waals surface area (Å²) in [5.74, 6) is 0.843. The molecule has 2 aliphatic heterocycles. The van der Waals surface area contributed by atoms with E-state index in [1.807, 2.05) is 11.8 Å². The molecule has 16 heavy (non-hydrogen) atoms. The Kier molecular flexibility index (Phi) is 2.33. The maximum Gasteiger partial charge on any atom is 0.146 e. The average molecular weight is 233 g/mol. The molecule has 0 aromatic heterocycles.